The first-order chi connectivity index (χ1) is 8.58. The summed E-state index contributed by atoms with van der Waals surface area (Å²) in [5, 5.41) is 23.3. The highest BCUT2D eigenvalue weighted by Crippen LogP contribution is 2.28. The van der Waals surface area contributed by atoms with Crippen molar-refractivity contribution in [2.24, 2.45) is 5.92 Å². The lowest BCUT2D eigenvalue weighted by Gasteiger charge is -2.07. The number of carboxylic acids is 1. The molecule has 1 aliphatic rings. The molecular formula is C11H15N3O4. The number of aryl methyl sites for hydroxylation is 1. The molecule has 0 saturated heterocycles. The first-order valence-corrected chi connectivity index (χ1v) is 6.03. The second kappa shape index (κ2) is 5.16. The molecule has 1 N–H and O–H groups in total. The predicted molar refractivity (Wildman–Crippen MR) is 62.4 cm³/mol. The van der Waals surface area contributed by atoms with Gasteiger partial charge in [-0.05, 0) is 12.3 Å². The monoisotopic (exact) mass is 253 g/mol. The Balaban J connectivity index is 2.06. The van der Waals surface area contributed by atoms with Crippen molar-refractivity contribution in [3.63, 3.8) is 0 Å². The van der Waals surface area contributed by atoms with Crippen LogP contribution in [0.25, 0.3) is 0 Å². The lowest BCUT2D eigenvalue weighted by molar-refractivity contribution is -0.385. The van der Waals surface area contributed by atoms with Gasteiger partial charge in [0.05, 0.1) is 4.92 Å². The smallest absolute Gasteiger partial charge is 0.363 e. The third kappa shape index (κ3) is 2.66. The summed E-state index contributed by atoms with van der Waals surface area (Å²) in [6.07, 6.45) is 6.97. The van der Waals surface area contributed by atoms with Crippen molar-refractivity contribution in [3.05, 3.63) is 22.0 Å². The Labute approximate surface area is 104 Å². The van der Waals surface area contributed by atoms with Gasteiger partial charge in [-0.1, -0.05) is 25.7 Å². The summed E-state index contributed by atoms with van der Waals surface area (Å²) in [7, 11) is 0. The van der Waals surface area contributed by atoms with Crippen molar-refractivity contribution in [2.75, 3.05) is 0 Å². The lowest BCUT2D eigenvalue weighted by Crippen LogP contribution is -2.06. The van der Waals surface area contributed by atoms with Gasteiger partial charge in [-0.15, -0.1) is 0 Å². The van der Waals surface area contributed by atoms with Crippen LogP contribution in [-0.2, 0) is 6.54 Å². The fraction of sp³-hybridized carbons (Fsp3) is 0.636. The van der Waals surface area contributed by atoms with Gasteiger partial charge in [0.25, 0.3) is 0 Å². The highest BCUT2D eigenvalue weighted by Gasteiger charge is 2.25. The van der Waals surface area contributed by atoms with Crippen LogP contribution in [0.2, 0.25) is 0 Å². The van der Waals surface area contributed by atoms with Crippen molar-refractivity contribution < 1.29 is 14.8 Å². The fourth-order valence-corrected chi connectivity index (χ4v) is 2.43. The van der Waals surface area contributed by atoms with Crippen LogP contribution in [0.5, 0.6) is 0 Å². The van der Waals surface area contributed by atoms with Crippen molar-refractivity contribution in [1.29, 1.82) is 0 Å². The van der Waals surface area contributed by atoms with Gasteiger partial charge >= 0.3 is 11.7 Å². The van der Waals surface area contributed by atoms with Crippen LogP contribution in [0, 0.1) is 16.0 Å². The molecule has 2 rings (SSSR count). The van der Waals surface area contributed by atoms with Gasteiger partial charge in [0.15, 0.2) is 0 Å². The molecule has 98 valence electrons. The lowest BCUT2D eigenvalue weighted by atomic mass is 10.0. The number of nitrogens with zero attached hydrogens (tertiary/aromatic N) is 3. The average molecular weight is 253 g/mol. The highest BCUT2D eigenvalue weighted by atomic mass is 16.6. The number of aromatic nitrogens is 2. The topological polar surface area (TPSA) is 98.3 Å². The maximum Gasteiger partial charge on any atom is 0.363 e. The minimum absolute atomic E-state index is 0.436. The van der Waals surface area contributed by atoms with Crippen molar-refractivity contribution in [1.82, 2.24) is 9.78 Å². The Bertz CT molecular complexity index is 431. The number of rotatable bonds is 5. The van der Waals surface area contributed by atoms with Crippen LogP contribution in [-0.4, -0.2) is 25.8 Å². The molecule has 1 aromatic heterocycles. The van der Waals surface area contributed by atoms with Crippen LogP contribution in [0.15, 0.2) is 6.20 Å². The Kier molecular flexibility index (Phi) is 3.59. The van der Waals surface area contributed by atoms with E-state index in [1.54, 1.807) is 0 Å². The molecule has 0 unspecified atom stereocenters. The minimum atomic E-state index is -1.36. The molecule has 0 atom stereocenters. The molecule has 1 aromatic rings. The molecule has 7 heteroatoms. The Morgan fingerprint density at radius 2 is 2.22 bits per heavy atom. The molecule has 1 fully saturated rings. The van der Waals surface area contributed by atoms with Crippen LogP contribution in [0.3, 0.4) is 0 Å². The van der Waals surface area contributed by atoms with E-state index in [1.165, 1.54) is 36.6 Å². The van der Waals surface area contributed by atoms with Crippen LogP contribution < -0.4 is 0 Å². The van der Waals surface area contributed by atoms with E-state index in [4.69, 9.17) is 5.11 Å². The zero-order valence-corrected chi connectivity index (χ0v) is 9.91. The average Bonchev–Trinajstić information content (AvgIpc) is 2.95. The maximum absolute atomic E-state index is 10.8. The van der Waals surface area contributed by atoms with Gasteiger partial charge in [0.1, 0.15) is 6.20 Å². The summed E-state index contributed by atoms with van der Waals surface area (Å²) in [5.74, 6) is -0.720. The van der Waals surface area contributed by atoms with Crippen LogP contribution >= 0.6 is 0 Å². The number of nitro groups is 1. The van der Waals surface area contributed by atoms with E-state index in [0.29, 0.717) is 12.5 Å². The largest absolute Gasteiger partial charge is 0.476 e. The van der Waals surface area contributed by atoms with E-state index in [2.05, 4.69) is 5.10 Å². The zero-order valence-electron chi connectivity index (χ0n) is 9.91. The first kappa shape index (κ1) is 12.5. The van der Waals surface area contributed by atoms with E-state index >= 15 is 0 Å². The standard InChI is InChI=1S/C11H15N3O4/c15-11(16)10-9(14(17)18)7-13(12-10)6-5-8-3-1-2-4-8/h7-8H,1-6H2,(H,15,16). The molecule has 1 heterocycles. The SMILES string of the molecule is O=C(O)c1nn(CCC2CCCC2)cc1[N+](=O)[O-]. The van der Waals surface area contributed by atoms with Crippen molar-refractivity contribution in [3.8, 4) is 0 Å². The number of carboxylic acid groups (broad SMARTS) is 1. The van der Waals surface area contributed by atoms with Crippen LogP contribution in [0.4, 0.5) is 5.69 Å². The zero-order chi connectivity index (χ0) is 13.1. The number of hydrogen-bond donors (Lipinski definition) is 1. The molecule has 0 spiro atoms. The second-order valence-electron chi connectivity index (χ2n) is 4.63. The molecule has 0 bridgehead atoms. The second-order valence-corrected chi connectivity index (χ2v) is 4.63. The highest BCUT2D eigenvalue weighted by molar-refractivity contribution is 5.89. The van der Waals surface area contributed by atoms with Crippen molar-refractivity contribution >= 4 is 11.7 Å². The third-order valence-electron chi connectivity index (χ3n) is 3.38. The quantitative estimate of drug-likeness (QED) is 0.639. The van der Waals surface area contributed by atoms with Crippen molar-refractivity contribution in [2.45, 2.75) is 38.6 Å². The minimum Gasteiger partial charge on any atom is -0.476 e. The Hall–Kier alpha value is -1.92. The molecule has 0 aromatic carbocycles. The fourth-order valence-electron chi connectivity index (χ4n) is 2.43. The van der Waals surface area contributed by atoms with Gasteiger partial charge in [0, 0.05) is 6.54 Å². The van der Waals surface area contributed by atoms with E-state index in [-0.39, 0.29) is 0 Å². The van der Waals surface area contributed by atoms with E-state index in [9.17, 15) is 14.9 Å². The molecule has 0 aliphatic heterocycles. The number of carbonyl (C=O) groups is 1. The van der Waals surface area contributed by atoms with E-state index < -0.39 is 22.3 Å². The molecular weight excluding hydrogens is 238 g/mol. The molecule has 0 radical (unpaired) electrons. The summed E-state index contributed by atoms with van der Waals surface area (Å²) in [6.45, 7) is 0.540. The normalized spacial score (nSPS) is 16.0. The summed E-state index contributed by atoms with van der Waals surface area (Å²) < 4.78 is 1.37. The summed E-state index contributed by atoms with van der Waals surface area (Å²) in [4.78, 5) is 20.8. The summed E-state index contributed by atoms with van der Waals surface area (Å²) in [6, 6.07) is 0. The van der Waals surface area contributed by atoms with Crippen LogP contribution in [0.1, 0.15) is 42.6 Å². The van der Waals surface area contributed by atoms with Gasteiger partial charge in [-0.3, -0.25) is 14.8 Å². The van der Waals surface area contributed by atoms with Gasteiger partial charge in [0.2, 0.25) is 5.69 Å². The molecule has 7 nitrogen and oxygen atoms in total. The van der Waals surface area contributed by atoms with E-state index in [1.807, 2.05) is 0 Å². The molecule has 1 aliphatic carbocycles. The summed E-state index contributed by atoms with van der Waals surface area (Å²) in [5.41, 5.74) is -0.916. The molecule has 0 amide bonds. The predicted octanol–water partition coefficient (Wildman–Crippen LogP) is 2.07. The molecule has 1 saturated carbocycles. The summed E-state index contributed by atoms with van der Waals surface area (Å²) >= 11 is 0. The third-order valence-corrected chi connectivity index (χ3v) is 3.38. The Morgan fingerprint density at radius 3 is 2.72 bits per heavy atom. The first-order valence-electron chi connectivity index (χ1n) is 6.03. The Morgan fingerprint density at radius 1 is 1.56 bits per heavy atom. The van der Waals surface area contributed by atoms with Gasteiger partial charge in [-0.25, -0.2) is 4.79 Å². The van der Waals surface area contributed by atoms with E-state index in [0.717, 1.165) is 6.42 Å². The van der Waals surface area contributed by atoms with Gasteiger partial charge in [-0.2, -0.15) is 5.10 Å². The number of hydrogen-bond acceptors (Lipinski definition) is 4. The number of aromatic carboxylic acids is 1. The van der Waals surface area contributed by atoms with Gasteiger partial charge < -0.3 is 5.11 Å². The maximum atomic E-state index is 10.8. The molecule has 18 heavy (non-hydrogen) atoms.